The largest absolute Gasteiger partial charge is 0.489 e. The van der Waals surface area contributed by atoms with E-state index in [4.69, 9.17) is 16.3 Å². The van der Waals surface area contributed by atoms with Gasteiger partial charge in [-0.3, -0.25) is 4.79 Å². The molecule has 3 aromatic carbocycles. The number of hydrazone groups is 1. The first kappa shape index (κ1) is 19.1. The summed E-state index contributed by atoms with van der Waals surface area (Å²) in [6.45, 7) is 0.465. The summed E-state index contributed by atoms with van der Waals surface area (Å²) in [6.07, 6.45) is 1.58. The lowest BCUT2D eigenvalue weighted by molar-refractivity contribution is 0.0954. The van der Waals surface area contributed by atoms with Gasteiger partial charge in [0.2, 0.25) is 0 Å². The van der Waals surface area contributed by atoms with Gasteiger partial charge in [-0.25, -0.2) is 5.43 Å². The number of hydrogen-bond acceptors (Lipinski definition) is 3. The molecule has 0 radical (unpaired) electrons. The zero-order valence-electron chi connectivity index (χ0n) is 14.2. The Morgan fingerprint density at radius 1 is 1.04 bits per heavy atom. The van der Waals surface area contributed by atoms with Crippen LogP contribution in [0.25, 0.3) is 0 Å². The van der Waals surface area contributed by atoms with E-state index in [9.17, 15) is 4.79 Å². The van der Waals surface area contributed by atoms with Gasteiger partial charge >= 0.3 is 0 Å². The number of amides is 1. The van der Waals surface area contributed by atoms with Crippen LogP contribution in [0.5, 0.6) is 5.75 Å². The molecule has 136 valence electrons. The normalized spacial score (nSPS) is 10.7. The third-order valence-electron chi connectivity index (χ3n) is 3.70. The first-order valence-corrected chi connectivity index (χ1v) is 9.34. The van der Waals surface area contributed by atoms with Gasteiger partial charge in [-0.1, -0.05) is 35.9 Å². The van der Waals surface area contributed by atoms with Crippen LogP contribution < -0.4 is 10.2 Å². The van der Waals surface area contributed by atoms with Crippen LogP contribution in [0.4, 0.5) is 0 Å². The van der Waals surface area contributed by atoms with Gasteiger partial charge < -0.3 is 4.74 Å². The van der Waals surface area contributed by atoms with Crippen molar-refractivity contribution in [2.45, 2.75) is 6.61 Å². The molecule has 0 heterocycles. The average Bonchev–Trinajstić information content (AvgIpc) is 2.69. The van der Waals surface area contributed by atoms with Crippen LogP contribution in [0.3, 0.4) is 0 Å². The lowest BCUT2D eigenvalue weighted by Crippen LogP contribution is -2.18. The molecule has 0 aliphatic heterocycles. The first-order valence-electron chi connectivity index (χ1n) is 8.17. The molecule has 0 spiro atoms. The number of ether oxygens (including phenoxy) is 1. The Morgan fingerprint density at radius 3 is 2.44 bits per heavy atom. The van der Waals surface area contributed by atoms with Crippen molar-refractivity contribution in [1.82, 2.24) is 5.43 Å². The van der Waals surface area contributed by atoms with E-state index in [1.54, 1.807) is 24.4 Å². The Balaban J connectivity index is 1.52. The molecule has 3 aromatic rings. The zero-order valence-corrected chi connectivity index (χ0v) is 16.6. The minimum atomic E-state index is -0.276. The van der Waals surface area contributed by atoms with E-state index in [2.05, 4.69) is 26.5 Å². The highest BCUT2D eigenvalue weighted by Gasteiger charge is 2.07. The second-order valence-corrected chi connectivity index (χ2v) is 6.95. The predicted octanol–water partition coefficient (Wildman–Crippen LogP) is 5.45. The molecule has 0 saturated carbocycles. The maximum absolute atomic E-state index is 12.1. The number of carbonyl (C=O) groups is 1. The molecule has 1 N–H and O–H groups in total. The summed E-state index contributed by atoms with van der Waals surface area (Å²) in [5.41, 5.74) is 4.93. The number of benzene rings is 3. The molecule has 0 aliphatic carbocycles. The van der Waals surface area contributed by atoms with Gasteiger partial charge in [0.05, 0.1) is 11.8 Å². The van der Waals surface area contributed by atoms with Crippen LogP contribution in [-0.4, -0.2) is 12.1 Å². The van der Waals surface area contributed by atoms with Gasteiger partial charge in [0.25, 0.3) is 5.91 Å². The standard InChI is InChI=1S/C21H16BrClN2O2/c22-20-4-2-1-3-19(20)21(26)25-24-13-15-7-11-18(12-8-15)27-14-16-5-9-17(23)10-6-16/h1-13H,14H2,(H,25,26)/b24-13+. The van der Waals surface area contributed by atoms with E-state index in [0.717, 1.165) is 21.3 Å². The Morgan fingerprint density at radius 2 is 1.74 bits per heavy atom. The van der Waals surface area contributed by atoms with E-state index < -0.39 is 0 Å². The Labute approximate surface area is 171 Å². The Kier molecular flexibility index (Phi) is 6.63. The highest BCUT2D eigenvalue weighted by Crippen LogP contribution is 2.16. The van der Waals surface area contributed by atoms with Crippen molar-refractivity contribution in [1.29, 1.82) is 0 Å². The predicted molar refractivity (Wildman–Crippen MR) is 111 cm³/mol. The SMILES string of the molecule is O=C(N/N=C/c1ccc(OCc2ccc(Cl)cc2)cc1)c1ccccc1Br. The second kappa shape index (κ2) is 9.35. The molecule has 1 amide bonds. The van der Waals surface area contributed by atoms with Crippen molar-refractivity contribution in [2.75, 3.05) is 0 Å². The summed E-state index contributed by atoms with van der Waals surface area (Å²) < 4.78 is 6.46. The summed E-state index contributed by atoms with van der Waals surface area (Å²) >= 11 is 9.21. The molecule has 0 atom stereocenters. The quantitative estimate of drug-likeness (QED) is 0.407. The van der Waals surface area contributed by atoms with Crippen LogP contribution in [0.15, 0.2) is 82.4 Å². The van der Waals surface area contributed by atoms with Crippen molar-refractivity contribution >= 4 is 39.7 Å². The maximum Gasteiger partial charge on any atom is 0.272 e. The number of nitrogens with one attached hydrogen (secondary N) is 1. The molecule has 0 bridgehead atoms. The molecule has 0 aromatic heterocycles. The molecular weight excluding hydrogens is 428 g/mol. The van der Waals surface area contributed by atoms with E-state index in [1.165, 1.54) is 0 Å². The monoisotopic (exact) mass is 442 g/mol. The molecule has 0 aliphatic rings. The first-order chi connectivity index (χ1) is 13.1. The Hall–Kier alpha value is -2.63. The van der Waals surface area contributed by atoms with E-state index in [1.807, 2.05) is 54.6 Å². The van der Waals surface area contributed by atoms with Crippen molar-refractivity contribution in [2.24, 2.45) is 5.10 Å². The number of rotatable bonds is 6. The smallest absolute Gasteiger partial charge is 0.272 e. The van der Waals surface area contributed by atoms with Crippen molar-refractivity contribution in [3.63, 3.8) is 0 Å². The summed E-state index contributed by atoms with van der Waals surface area (Å²) in [7, 11) is 0. The van der Waals surface area contributed by atoms with Crippen LogP contribution in [0.2, 0.25) is 5.02 Å². The fourth-order valence-electron chi connectivity index (χ4n) is 2.27. The van der Waals surface area contributed by atoms with Gasteiger partial charge in [-0.15, -0.1) is 0 Å². The minimum absolute atomic E-state index is 0.276. The van der Waals surface area contributed by atoms with Crippen molar-refractivity contribution in [3.05, 3.63) is 99.0 Å². The fraction of sp³-hybridized carbons (Fsp3) is 0.0476. The summed E-state index contributed by atoms with van der Waals surface area (Å²) in [5, 5.41) is 4.69. The summed E-state index contributed by atoms with van der Waals surface area (Å²) in [4.78, 5) is 12.1. The minimum Gasteiger partial charge on any atom is -0.489 e. The van der Waals surface area contributed by atoms with Gasteiger partial charge in [-0.2, -0.15) is 5.10 Å². The van der Waals surface area contributed by atoms with E-state index in [0.29, 0.717) is 17.2 Å². The number of halogens is 2. The van der Waals surface area contributed by atoms with Crippen molar-refractivity contribution in [3.8, 4) is 5.75 Å². The van der Waals surface area contributed by atoms with Crippen LogP contribution >= 0.6 is 27.5 Å². The van der Waals surface area contributed by atoms with Gasteiger partial charge in [-0.05, 0) is 75.6 Å². The molecule has 3 rings (SSSR count). The number of nitrogens with zero attached hydrogens (tertiary/aromatic N) is 1. The lowest BCUT2D eigenvalue weighted by atomic mass is 10.2. The van der Waals surface area contributed by atoms with Crippen LogP contribution in [0.1, 0.15) is 21.5 Å². The summed E-state index contributed by atoms with van der Waals surface area (Å²) in [5.74, 6) is 0.473. The topological polar surface area (TPSA) is 50.7 Å². The van der Waals surface area contributed by atoms with Crippen LogP contribution in [0, 0.1) is 0 Å². The zero-order chi connectivity index (χ0) is 19.1. The molecule has 4 nitrogen and oxygen atoms in total. The number of hydrogen-bond donors (Lipinski definition) is 1. The second-order valence-electron chi connectivity index (χ2n) is 5.66. The number of carbonyl (C=O) groups excluding carboxylic acids is 1. The van der Waals surface area contributed by atoms with Gasteiger partial charge in [0.15, 0.2) is 0 Å². The molecule has 27 heavy (non-hydrogen) atoms. The summed E-state index contributed by atoms with van der Waals surface area (Å²) in [6, 6.07) is 22.1. The highest BCUT2D eigenvalue weighted by atomic mass is 79.9. The fourth-order valence-corrected chi connectivity index (χ4v) is 2.86. The molecule has 0 unspecified atom stereocenters. The molecule has 0 fully saturated rings. The van der Waals surface area contributed by atoms with E-state index in [-0.39, 0.29) is 5.91 Å². The van der Waals surface area contributed by atoms with Crippen LogP contribution in [-0.2, 0) is 6.61 Å². The molecule has 0 saturated heterocycles. The lowest BCUT2D eigenvalue weighted by Gasteiger charge is -2.06. The van der Waals surface area contributed by atoms with Crippen molar-refractivity contribution < 1.29 is 9.53 Å². The Bertz CT molecular complexity index is 941. The third-order valence-corrected chi connectivity index (χ3v) is 4.64. The van der Waals surface area contributed by atoms with Gasteiger partial charge in [0.1, 0.15) is 12.4 Å². The molecular formula is C21H16BrClN2O2. The maximum atomic E-state index is 12.1. The van der Waals surface area contributed by atoms with Gasteiger partial charge in [0, 0.05) is 9.50 Å². The highest BCUT2D eigenvalue weighted by molar-refractivity contribution is 9.10. The third kappa shape index (κ3) is 5.67. The average molecular weight is 444 g/mol. The van der Waals surface area contributed by atoms with E-state index >= 15 is 0 Å². The molecule has 6 heteroatoms.